The lowest BCUT2D eigenvalue weighted by molar-refractivity contribution is -0.117. The summed E-state index contributed by atoms with van der Waals surface area (Å²) in [5.41, 5.74) is 1.19. The van der Waals surface area contributed by atoms with E-state index in [9.17, 15) is 4.79 Å². The van der Waals surface area contributed by atoms with Crippen molar-refractivity contribution < 1.29 is 9.90 Å². The molecule has 1 aliphatic heterocycles. The molecule has 1 amide bonds. The van der Waals surface area contributed by atoms with Crippen LogP contribution in [0.15, 0.2) is 24.3 Å². The summed E-state index contributed by atoms with van der Waals surface area (Å²) in [7, 11) is 0. The number of rotatable bonds is 6. The molecule has 2 rings (SSSR count). The average Bonchev–Trinajstić information content (AvgIpc) is 2.92. The molecule has 0 radical (unpaired) electrons. The average molecular weight is 287 g/mol. The molecule has 0 bridgehead atoms. The molecule has 5 nitrogen and oxygen atoms in total. The van der Waals surface area contributed by atoms with Gasteiger partial charge >= 0.3 is 0 Å². The summed E-state index contributed by atoms with van der Waals surface area (Å²) in [6, 6.07) is 9.38. The van der Waals surface area contributed by atoms with Crippen LogP contribution in [0.1, 0.15) is 31.2 Å². The maximum Gasteiger partial charge on any atom is 0.238 e. The Hall–Kier alpha value is -1.90. The standard InChI is InChI=1S/C16H21N3O2/c17-11-13-4-1-5-14(10-13)18-16(21)12-19-8-2-6-15(19)7-3-9-20/h1,4-5,10,15,20H,2-3,6-9,12H2,(H,18,21). The van der Waals surface area contributed by atoms with Crippen LogP contribution < -0.4 is 5.32 Å². The first-order chi connectivity index (χ1) is 10.2. The van der Waals surface area contributed by atoms with Gasteiger partial charge in [-0.1, -0.05) is 6.07 Å². The molecule has 1 heterocycles. The first-order valence-corrected chi connectivity index (χ1v) is 7.38. The number of carbonyl (C=O) groups is 1. The Kier molecular flexibility index (Phi) is 5.73. The number of aliphatic hydroxyl groups is 1. The summed E-state index contributed by atoms with van der Waals surface area (Å²) in [4.78, 5) is 14.3. The second kappa shape index (κ2) is 7.77. The fourth-order valence-electron chi connectivity index (χ4n) is 2.81. The van der Waals surface area contributed by atoms with Crippen LogP contribution in [0.25, 0.3) is 0 Å². The number of nitrogens with zero attached hydrogens (tertiary/aromatic N) is 2. The second-order valence-corrected chi connectivity index (χ2v) is 5.37. The van der Waals surface area contributed by atoms with Gasteiger partial charge in [-0.25, -0.2) is 0 Å². The van der Waals surface area contributed by atoms with E-state index in [1.54, 1.807) is 24.3 Å². The molecule has 1 aromatic carbocycles. The second-order valence-electron chi connectivity index (χ2n) is 5.37. The molecule has 1 aliphatic rings. The third-order valence-corrected chi connectivity index (χ3v) is 3.82. The van der Waals surface area contributed by atoms with E-state index in [4.69, 9.17) is 10.4 Å². The smallest absolute Gasteiger partial charge is 0.238 e. The molecule has 2 N–H and O–H groups in total. The van der Waals surface area contributed by atoms with Gasteiger partial charge in [0.05, 0.1) is 18.2 Å². The number of carbonyl (C=O) groups excluding carboxylic acids is 1. The molecule has 0 spiro atoms. The van der Waals surface area contributed by atoms with Crippen molar-refractivity contribution in [2.75, 3.05) is 25.0 Å². The Bertz CT molecular complexity index is 524. The normalized spacial score (nSPS) is 18.4. The fraction of sp³-hybridized carbons (Fsp3) is 0.500. The first kappa shape index (κ1) is 15.5. The molecular formula is C16H21N3O2. The van der Waals surface area contributed by atoms with Gasteiger partial charge in [-0.3, -0.25) is 9.69 Å². The van der Waals surface area contributed by atoms with Crippen LogP contribution in [0.2, 0.25) is 0 Å². The van der Waals surface area contributed by atoms with Gasteiger partial charge < -0.3 is 10.4 Å². The van der Waals surface area contributed by atoms with Crippen LogP contribution in [0, 0.1) is 11.3 Å². The van der Waals surface area contributed by atoms with Gasteiger partial charge in [-0.2, -0.15) is 5.26 Å². The van der Waals surface area contributed by atoms with E-state index in [1.807, 2.05) is 0 Å². The van der Waals surface area contributed by atoms with Crippen molar-refractivity contribution in [2.45, 2.75) is 31.7 Å². The Morgan fingerprint density at radius 3 is 3.14 bits per heavy atom. The molecule has 0 saturated carbocycles. The number of anilines is 1. The summed E-state index contributed by atoms with van der Waals surface area (Å²) in [6.45, 7) is 1.51. The zero-order valence-electron chi connectivity index (χ0n) is 12.1. The number of nitrogens with one attached hydrogen (secondary N) is 1. The van der Waals surface area contributed by atoms with Gasteiger partial charge in [0.2, 0.25) is 5.91 Å². The van der Waals surface area contributed by atoms with Crippen LogP contribution in [0.5, 0.6) is 0 Å². The number of amides is 1. The minimum atomic E-state index is -0.0546. The van der Waals surface area contributed by atoms with Crippen molar-refractivity contribution in [1.82, 2.24) is 4.90 Å². The minimum absolute atomic E-state index is 0.0546. The van der Waals surface area contributed by atoms with Gasteiger partial charge in [0.15, 0.2) is 0 Å². The quantitative estimate of drug-likeness (QED) is 0.835. The van der Waals surface area contributed by atoms with Crippen molar-refractivity contribution >= 4 is 11.6 Å². The highest BCUT2D eigenvalue weighted by Crippen LogP contribution is 2.21. The van der Waals surface area contributed by atoms with E-state index in [0.29, 0.717) is 23.8 Å². The van der Waals surface area contributed by atoms with Crippen LogP contribution in [-0.4, -0.2) is 41.7 Å². The number of nitriles is 1. The zero-order chi connectivity index (χ0) is 15.1. The highest BCUT2D eigenvalue weighted by atomic mass is 16.3. The topological polar surface area (TPSA) is 76.4 Å². The predicted octanol–water partition coefficient (Wildman–Crippen LogP) is 1.73. The fourth-order valence-corrected chi connectivity index (χ4v) is 2.81. The third kappa shape index (κ3) is 4.55. The zero-order valence-corrected chi connectivity index (χ0v) is 12.1. The van der Waals surface area contributed by atoms with Gasteiger partial charge in [0.25, 0.3) is 0 Å². The number of hydrogen-bond donors (Lipinski definition) is 2. The highest BCUT2D eigenvalue weighted by Gasteiger charge is 2.25. The molecule has 1 aromatic rings. The Labute approximate surface area is 125 Å². The molecule has 21 heavy (non-hydrogen) atoms. The Morgan fingerprint density at radius 2 is 2.38 bits per heavy atom. The number of likely N-dealkylation sites (tertiary alicyclic amines) is 1. The molecule has 1 saturated heterocycles. The molecule has 0 aromatic heterocycles. The van der Waals surface area contributed by atoms with E-state index in [-0.39, 0.29) is 12.5 Å². The molecule has 1 unspecified atom stereocenters. The van der Waals surface area contributed by atoms with E-state index < -0.39 is 0 Å². The Morgan fingerprint density at radius 1 is 1.52 bits per heavy atom. The minimum Gasteiger partial charge on any atom is -0.396 e. The number of aliphatic hydroxyl groups excluding tert-OH is 1. The van der Waals surface area contributed by atoms with E-state index in [0.717, 1.165) is 32.2 Å². The summed E-state index contributed by atoms with van der Waals surface area (Å²) < 4.78 is 0. The van der Waals surface area contributed by atoms with Gasteiger partial charge in [0.1, 0.15) is 0 Å². The predicted molar refractivity (Wildman–Crippen MR) is 80.7 cm³/mol. The van der Waals surface area contributed by atoms with Crippen LogP contribution >= 0.6 is 0 Å². The maximum atomic E-state index is 12.1. The lowest BCUT2D eigenvalue weighted by atomic mass is 10.1. The molecular weight excluding hydrogens is 266 g/mol. The molecule has 1 fully saturated rings. The molecule has 1 atom stereocenters. The number of benzene rings is 1. The maximum absolute atomic E-state index is 12.1. The van der Waals surface area contributed by atoms with Crippen molar-refractivity contribution in [3.05, 3.63) is 29.8 Å². The lowest BCUT2D eigenvalue weighted by Crippen LogP contribution is -2.36. The van der Waals surface area contributed by atoms with Gasteiger partial charge in [0, 0.05) is 18.3 Å². The SMILES string of the molecule is N#Cc1cccc(NC(=O)CN2CCCC2CCCO)c1. The highest BCUT2D eigenvalue weighted by molar-refractivity contribution is 5.92. The van der Waals surface area contributed by atoms with Crippen molar-refractivity contribution in [1.29, 1.82) is 5.26 Å². The summed E-state index contributed by atoms with van der Waals surface area (Å²) in [6.07, 6.45) is 3.92. The first-order valence-electron chi connectivity index (χ1n) is 7.38. The van der Waals surface area contributed by atoms with Gasteiger partial charge in [-0.05, 0) is 50.4 Å². The molecule has 0 aliphatic carbocycles. The Balaban J connectivity index is 1.87. The molecule has 5 heteroatoms. The monoisotopic (exact) mass is 287 g/mol. The van der Waals surface area contributed by atoms with Crippen LogP contribution in [-0.2, 0) is 4.79 Å². The summed E-state index contributed by atoms with van der Waals surface area (Å²) in [5, 5.41) is 20.6. The van der Waals surface area contributed by atoms with Crippen molar-refractivity contribution in [3.63, 3.8) is 0 Å². The molecule has 112 valence electrons. The van der Waals surface area contributed by atoms with E-state index in [1.165, 1.54) is 0 Å². The summed E-state index contributed by atoms with van der Waals surface area (Å²) >= 11 is 0. The summed E-state index contributed by atoms with van der Waals surface area (Å²) in [5.74, 6) is -0.0546. The van der Waals surface area contributed by atoms with Crippen LogP contribution in [0.3, 0.4) is 0 Å². The van der Waals surface area contributed by atoms with E-state index >= 15 is 0 Å². The van der Waals surface area contributed by atoms with Crippen molar-refractivity contribution in [3.8, 4) is 6.07 Å². The number of hydrogen-bond acceptors (Lipinski definition) is 4. The lowest BCUT2D eigenvalue weighted by Gasteiger charge is -2.23. The largest absolute Gasteiger partial charge is 0.396 e. The van der Waals surface area contributed by atoms with Crippen LogP contribution in [0.4, 0.5) is 5.69 Å². The van der Waals surface area contributed by atoms with Crippen molar-refractivity contribution in [2.24, 2.45) is 0 Å². The third-order valence-electron chi connectivity index (χ3n) is 3.82. The van der Waals surface area contributed by atoms with Gasteiger partial charge in [-0.15, -0.1) is 0 Å². The van der Waals surface area contributed by atoms with E-state index in [2.05, 4.69) is 16.3 Å².